The molecule has 0 aliphatic carbocycles. The summed E-state index contributed by atoms with van der Waals surface area (Å²) in [6, 6.07) is 2.38. The Morgan fingerprint density at radius 1 is 1.09 bits per heavy atom. The van der Waals surface area contributed by atoms with Gasteiger partial charge < -0.3 is 14.2 Å². The van der Waals surface area contributed by atoms with Crippen LogP contribution in [0.2, 0.25) is 10.2 Å². The molecule has 0 amide bonds. The Morgan fingerprint density at radius 3 is 2.34 bits per heavy atom. The molecule has 0 aliphatic rings. The zero-order valence-electron chi connectivity index (χ0n) is 18.5. The van der Waals surface area contributed by atoms with E-state index in [-0.39, 0.29) is 46.0 Å². The van der Waals surface area contributed by atoms with E-state index >= 15 is 0 Å². The van der Waals surface area contributed by atoms with Gasteiger partial charge in [-0.15, -0.1) is 0 Å². The second-order valence-corrected chi connectivity index (χ2v) is 7.43. The van der Waals surface area contributed by atoms with Crippen molar-refractivity contribution in [2.24, 2.45) is 0 Å². The highest BCUT2D eigenvalue weighted by atomic mass is 35.5. The molecular weight excluding hydrogens is 462 g/mol. The third kappa shape index (κ3) is 5.86. The van der Waals surface area contributed by atoms with E-state index in [1.807, 2.05) is 13.8 Å². The highest BCUT2D eigenvalue weighted by molar-refractivity contribution is 6.33. The molecule has 176 valence electrons. The summed E-state index contributed by atoms with van der Waals surface area (Å²) in [5.74, 6) is -0.931. The van der Waals surface area contributed by atoms with Crippen LogP contribution < -0.4 is 10.3 Å². The second-order valence-electron chi connectivity index (χ2n) is 6.66. The Bertz CT molecular complexity index is 1050. The van der Waals surface area contributed by atoms with Crippen LogP contribution in [0, 0.1) is 5.82 Å². The minimum Gasteiger partial charge on any atom is -0.494 e. The van der Waals surface area contributed by atoms with Gasteiger partial charge in [-0.2, -0.15) is 0 Å². The van der Waals surface area contributed by atoms with E-state index in [9.17, 15) is 14.0 Å². The maximum absolute atomic E-state index is 14.8. The van der Waals surface area contributed by atoms with E-state index in [0.717, 1.165) is 12.5 Å². The van der Waals surface area contributed by atoms with Crippen molar-refractivity contribution in [3.05, 3.63) is 50.3 Å². The minimum atomic E-state index is -0.706. The van der Waals surface area contributed by atoms with Gasteiger partial charge in [0.2, 0.25) is 0 Å². The number of halogens is 3. The molecule has 0 bridgehead atoms. The van der Waals surface area contributed by atoms with Crippen LogP contribution in [0.1, 0.15) is 34.1 Å². The van der Waals surface area contributed by atoms with Crippen molar-refractivity contribution >= 4 is 29.2 Å². The lowest BCUT2D eigenvalue weighted by molar-refractivity contribution is -0.137. The number of hydrogen-bond donors (Lipinski definition) is 0. The van der Waals surface area contributed by atoms with Gasteiger partial charge in [0, 0.05) is 18.7 Å². The van der Waals surface area contributed by atoms with Gasteiger partial charge in [-0.1, -0.05) is 30.1 Å². The molecule has 1 aromatic carbocycles. The molecule has 0 saturated heterocycles. The number of esters is 1. The Kier molecular flexibility index (Phi) is 9.65. The SMILES string of the molecule is CCCO/C(=C/C(=O)OCC)COc1cc(-c2c(Cl)n(CC)n(CC)c2=O)c(F)cc1Cl. The molecule has 10 heteroatoms. The number of nitrogens with zero attached hydrogens (tertiary/aromatic N) is 2. The molecule has 0 spiro atoms. The van der Waals surface area contributed by atoms with E-state index in [4.69, 9.17) is 37.4 Å². The molecule has 0 fully saturated rings. The van der Waals surface area contributed by atoms with Crippen LogP contribution in [-0.2, 0) is 27.4 Å². The molecule has 1 heterocycles. The summed E-state index contributed by atoms with van der Waals surface area (Å²) < 4.78 is 33.9. The Balaban J connectivity index is 2.42. The fourth-order valence-corrected chi connectivity index (χ4v) is 3.66. The van der Waals surface area contributed by atoms with Crippen molar-refractivity contribution in [2.45, 2.75) is 47.2 Å². The molecule has 0 unspecified atom stereocenters. The lowest BCUT2D eigenvalue weighted by Gasteiger charge is -2.13. The summed E-state index contributed by atoms with van der Waals surface area (Å²) in [5, 5.41) is 0.125. The average molecular weight is 489 g/mol. The van der Waals surface area contributed by atoms with Gasteiger partial charge in [0.05, 0.1) is 29.9 Å². The molecular formula is C22H27Cl2FN2O5. The highest BCUT2D eigenvalue weighted by Crippen LogP contribution is 2.35. The van der Waals surface area contributed by atoms with Gasteiger partial charge >= 0.3 is 5.97 Å². The molecule has 0 saturated carbocycles. The fraction of sp³-hybridized carbons (Fsp3) is 0.455. The largest absolute Gasteiger partial charge is 0.494 e. The van der Waals surface area contributed by atoms with Crippen LogP contribution in [-0.4, -0.2) is 35.2 Å². The number of benzene rings is 1. The predicted octanol–water partition coefficient (Wildman–Crippen LogP) is 5.05. The van der Waals surface area contributed by atoms with Gasteiger partial charge in [0.25, 0.3) is 5.56 Å². The second kappa shape index (κ2) is 12.0. The summed E-state index contributed by atoms with van der Waals surface area (Å²) in [5.41, 5.74) is -0.418. The first kappa shape index (κ1) is 25.8. The predicted molar refractivity (Wildman–Crippen MR) is 122 cm³/mol. The van der Waals surface area contributed by atoms with Gasteiger partial charge in [-0.05, 0) is 39.3 Å². The number of rotatable bonds is 11. The standard InChI is InChI=1S/C22H27Cl2FN2O5/c1-5-9-31-14(10-19(28)30-8-4)13-32-18-11-15(17(25)12-16(18)23)20-21(24)26(6-2)27(7-3)22(20)29/h10-12H,5-9,13H2,1-4H3/b14-10+. The zero-order chi connectivity index (χ0) is 23.8. The Morgan fingerprint density at radius 2 is 1.78 bits per heavy atom. The van der Waals surface area contributed by atoms with E-state index < -0.39 is 17.3 Å². The van der Waals surface area contributed by atoms with Crippen LogP contribution >= 0.6 is 23.2 Å². The van der Waals surface area contributed by atoms with Gasteiger partial charge in [-0.3, -0.25) is 9.48 Å². The van der Waals surface area contributed by atoms with E-state index in [1.165, 1.54) is 16.8 Å². The first-order chi connectivity index (χ1) is 15.3. The van der Waals surface area contributed by atoms with Gasteiger partial charge in [-0.25, -0.2) is 13.9 Å². The molecule has 0 N–H and O–H groups in total. The monoisotopic (exact) mass is 488 g/mol. The zero-order valence-corrected chi connectivity index (χ0v) is 20.1. The first-order valence-electron chi connectivity index (χ1n) is 10.4. The van der Waals surface area contributed by atoms with Crippen molar-refractivity contribution in [2.75, 3.05) is 19.8 Å². The number of hydrogen-bond acceptors (Lipinski definition) is 5. The third-order valence-corrected chi connectivity index (χ3v) is 5.17. The molecule has 0 atom stereocenters. The van der Waals surface area contributed by atoms with Crippen molar-refractivity contribution in [3.8, 4) is 16.9 Å². The molecule has 1 aromatic heterocycles. The molecule has 0 radical (unpaired) electrons. The highest BCUT2D eigenvalue weighted by Gasteiger charge is 2.23. The normalized spacial score (nSPS) is 11.5. The minimum absolute atomic E-state index is 0.000843. The summed E-state index contributed by atoms with van der Waals surface area (Å²) in [6.45, 7) is 8.51. The maximum Gasteiger partial charge on any atom is 0.334 e. The van der Waals surface area contributed by atoms with Crippen LogP contribution in [0.4, 0.5) is 4.39 Å². The third-order valence-electron chi connectivity index (χ3n) is 4.49. The van der Waals surface area contributed by atoms with Gasteiger partial charge in [0.1, 0.15) is 29.1 Å². The lowest BCUT2D eigenvalue weighted by atomic mass is 10.1. The number of carbonyl (C=O) groups is 1. The van der Waals surface area contributed by atoms with Crippen LogP contribution in [0.15, 0.2) is 28.8 Å². The van der Waals surface area contributed by atoms with Crippen LogP contribution in [0.25, 0.3) is 11.1 Å². The van der Waals surface area contributed by atoms with Crippen LogP contribution in [0.3, 0.4) is 0 Å². The molecule has 0 aliphatic heterocycles. The molecule has 32 heavy (non-hydrogen) atoms. The summed E-state index contributed by atoms with van der Waals surface area (Å²) in [7, 11) is 0. The Hall–Kier alpha value is -2.45. The number of ether oxygens (including phenoxy) is 3. The maximum atomic E-state index is 14.8. The van der Waals surface area contributed by atoms with Crippen molar-refractivity contribution in [1.82, 2.24) is 9.36 Å². The summed E-state index contributed by atoms with van der Waals surface area (Å²) in [6.07, 6.45) is 1.91. The van der Waals surface area contributed by atoms with Gasteiger partial charge in [0.15, 0.2) is 0 Å². The first-order valence-corrected chi connectivity index (χ1v) is 11.2. The van der Waals surface area contributed by atoms with E-state index in [0.29, 0.717) is 19.7 Å². The average Bonchev–Trinajstić information content (AvgIpc) is 3.00. The topological polar surface area (TPSA) is 71.7 Å². The van der Waals surface area contributed by atoms with Crippen molar-refractivity contribution in [1.29, 1.82) is 0 Å². The van der Waals surface area contributed by atoms with Crippen LogP contribution in [0.5, 0.6) is 5.75 Å². The lowest BCUT2D eigenvalue weighted by Crippen LogP contribution is -2.22. The van der Waals surface area contributed by atoms with E-state index in [2.05, 4.69) is 0 Å². The quantitative estimate of drug-likeness (QED) is 0.251. The smallest absolute Gasteiger partial charge is 0.334 e. The van der Waals surface area contributed by atoms with Crippen molar-refractivity contribution in [3.63, 3.8) is 0 Å². The van der Waals surface area contributed by atoms with Crippen molar-refractivity contribution < 1.29 is 23.4 Å². The number of aromatic nitrogens is 2. The molecule has 2 rings (SSSR count). The number of carbonyl (C=O) groups excluding carboxylic acids is 1. The summed E-state index contributed by atoms with van der Waals surface area (Å²) in [4.78, 5) is 24.6. The summed E-state index contributed by atoms with van der Waals surface area (Å²) >= 11 is 12.6. The molecule has 7 nitrogen and oxygen atoms in total. The molecule has 2 aromatic rings. The Labute approximate surface area is 196 Å². The fourth-order valence-electron chi connectivity index (χ4n) is 3.07. The van der Waals surface area contributed by atoms with E-state index in [1.54, 1.807) is 18.5 Å².